The van der Waals surface area contributed by atoms with Gasteiger partial charge in [0.2, 0.25) is 5.91 Å². The molecule has 29 heavy (non-hydrogen) atoms. The Kier molecular flexibility index (Phi) is 7.57. The topological polar surface area (TPSA) is 69.6 Å². The SMILES string of the molecule is O=C(CCN1C(=O)/C(=C/c2ccccc2)SC1=S)N[C@@H](CO)Cc1ccccc1. The molecule has 1 saturated heterocycles. The van der Waals surface area contributed by atoms with Gasteiger partial charge in [-0.15, -0.1) is 0 Å². The second-order valence-electron chi connectivity index (χ2n) is 6.63. The number of thioether (sulfide) groups is 1. The van der Waals surface area contributed by atoms with Crippen LogP contribution in [-0.4, -0.2) is 45.3 Å². The average molecular weight is 427 g/mol. The lowest BCUT2D eigenvalue weighted by Crippen LogP contribution is -2.41. The minimum atomic E-state index is -0.367. The van der Waals surface area contributed by atoms with Gasteiger partial charge in [-0.05, 0) is 23.6 Å². The molecular weight excluding hydrogens is 404 g/mol. The lowest BCUT2D eigenvalue weighted by molar-refractivity contribution is -0.124. The summed E-state index contributed by atoms with van der Waals surface area (Å²) >= 11 is 6.56. The molecule has 7 heteroatoms. The van der Waals surface area contributed by atoms with Gasteiger partial charge < -0.3 is 10.4 Å². The van der Waals surface area contributed by atoms with Gasteiger partial charge in [0.05, 0.1) is 17.6 Å². The van der Waals surface area contributed by atoms with Crippen LogP contribution in [-0.2, 0) is 16.0 Å². The fourth-order valence-electron chi connectivity index (χ4n) is 2.97. The maximum atomic E-state index is 12.6. The third-order valence-corrected chi connectivity index (χ3v) is 5.82. The number of thiocarbonyl (C=S) groups is 1. The maximum Gasteiger partial charge on any atom is 0.266 e. The molecule has 0 aromatic heterocycles. The van der Waals surface area contributed by atoms with Crippen LogP contribution in [0.4, 0.5) is 0 Å². The van der Waals surface area contributed by atoms with E-state index in [0.29, 0.717) is 15.6 Å². The summed E-state index contributed by atoms with van der Waals surface area (Å²) in [6, 6.07) is 18.9. The molecule has 2 N–H and O–H groups in total. The number of carbonyl (C=O) groups excluding carboxylic acids is 2. The predicted octanol–water partition coefficient (Wildman–Crippen LogP) is 3.00. The first-order valence-electron chi connectivity index (χ1n) is 9.31. The van der Waals surface area contributed by atoms with Crippen LogP contribution in [0.2, 0.25) is 0 Å². The molecular formula is C22H22N2O3S2. The quantitative estimate of drug-likeness (QED) is 0.502. The standard InChI is InChI=1S/C22H22N2O3S2/c25-15-18(13-16-7-3-1-4-8-16)23-20(26)11-12-24-21(27)19(29-22(24)28)14-17-9-5-2-6-10-17/h1-10,14,18,25H,11-13,15H2,(H,23,26)/b19-14-/t18-/m1/s1. The first-order valence-corrected chi connectivity index (χ1v) is 10.5. The van der Waals surface area contributed by atoms with E-state index in [9.17, 15) is 14.7 Å². The van der Waals surface area contributed by atoms with E-state index in [2.05, 4.69) is 5.32 Å². The van der Waals surface area contributed by atoms with Crippen molar-refractivity contribution in [3.8, 4) is 0 Å². The number of benzene rings is 2. The van der Waals surface area contributed by atoms with Gasteiger partial charge in [0, 0.05) is 13.0 Å². The molecule has 0 unspecified atom stereocenters. The minimum Gasteiger partial charge on any atom is -0.394 e. The zero-order chi connectivity index (χ0) is 20.6. The number of rotatable bonds is 8. The third kappa shape index (κ3) is 6.00. The van der Waals surface area contributed by atoms with E-state index in [0.717, 1.165) is 11.1 Å². The lowest BCUT2D eigenvalue weighted by atomic mass is 10.1. The number of hydrogen-bond donors (Lipinski definition) is 2. The van der Waals surface area contributed by atoms with E-state index in [-0.39, 0.29) is 37.4 Å². The van der Waals surface area contributed by atoms with Crippen LogP contribution < -0.4 is 5.32 Å². The van der Waals surface area contributed by atoms with Crippen molar-refractivity contribution < 1.29 is 14.7 Å². The molecule has 2 aromatic carbocycles. The number of hydrogen-bond acceptors (Lipinski definition) is 5. The van der Waals surface area contributed by atoms with E-state index < -0.39 is 0 Å². The largest absolute Gasteiger partial charge is 0.394 e. The van der Waals surface area contributed by atoms with Crippen molar-refractivity contribution in [1.82, 2.24) is 10.2 Å². The number of carbonyl (C=O) groups is 2. The second-order valence-corrected chi connectivity index (χ2v) is 8.31. The zero-order valence-corrected chi connectivity index (χ0v) is 17.4. The molecule has 0 bridgehead atoms. The normalized spacial score (nSPS) is 16.3. The summed E-state index contributed by atoms with van der Waals surface area (Å²) in [5.41, 5.74) is 1.97. The number of nitrogens with one attached hydrogen (secondary N) is 1. The van der Waals surface area contributed by atoms with Gasteiger partial charge in [-0.3, -0.25) is 14.5 Å². The van der Waals surface area contributed by atoms with Crippen LogP contribution in [0.15, 0.2) is 65.6 Å². The van der Waals surface area contributed by atoms with Gasteiger partial charge in [-0.1, -0.05) is 84.6 Å². The number of amides is 2. The van der Waals surface area contributed by atoms with Crippen LogP contribution in [0.5, 0.6) is 0 Å². The number of nitrogens with zero attached hydrogens (tertiary/aromatic N) is 1. The second kappa shape index (κ2) is 10.3. The summed E-state index contributed by atoms with van der Waals surface area (Å²) in [6.45, 7) is 0.0631. The van der Waals surface area contributed by atoms with Gasteiger partial charge in [0.1, 0.15) is 4.32 Å². The third-order valence-electron chi connectivity index (χ3n) is 4.44. The van der Waals surface area contributed by atoms with Crippen molar-refractivity contribution >= 4 is 46.2 Å². The Balaban J connectivity index is 1.53. The first-order chi connectivity index (χ1) is 14.1. The smallest absolute Gasteiger partial charge is 0.266 e. The summed E-state index contributed by atoms with van der Waals surface area (Å²) in [6.07, 6.45) is 2.47. The Hall–Kier alpha value is -2.48. The van der Waals surface area contributed by atoms with Crippen LogP contribution in [0.3, 0.4) is 0 Å². The monoisotopic (exact) mass is 426 g/mol. The van der Waals surface area contributed by atoms with Gasteiger partial charge in [0.15, 0.2) is 0 Å². The molecule has 0 aliphatic carbocycles. The van der Waals surface area contributed by atoms with Gasteiger partial charge >= 0.3 is 0 Å². The summed E-state index contributed by atoms with van der Waals surface area (Å²) in [5, 5.41) is 12.4. The molecule has 3 rings (SSSR count). The van der Waals surface area contributed by atoms with E-state index in [1.807, 2.05) is 60.7 Å². The molecule has 0 spiro atoms. The maximum absolute atomic E-state index is 12.6. The van der Waals surface area contributed by atoms with E-state index in [1.165, 1.54) is 16.7 Å². The summed E-state index contributed by atoms with van der Waals surface area (Å²) in [5.74, 6) is -0.402. The highest BCUT2D eigenvalue weighted by atomic mass is 32.2. The van der Waals surface area contributed by atoms with Crippen molar-refractivity contribution in [1.29, 1.82) is 0 Å². The average Bonchev–Trinajstić information content (AvgIpc) is 3.00. The van der Waals surface area contributed by atoms with Crippen molar-refractivity contribution in [2.45, 2.75) is 18.9 Å². The van der Waals surface area contributed by atoms with E-state index >= 15 is 0 Å². The van der Waals surface area contributed by atoms with Gasteiger partial charge in [0.25, 0.3) is 5.91 Å². The Morgan fingerprint density at radius 3 is 2.45 bits per heavy atom. The van der Waals surface area contributed by atoms with Crippen LogP contribution in [0.1, 0.15) is 17.5 Å². The highest BCUT2D eigenvalue weighted by Crippen LogP contribution is 2.32. The molecule has 0 saturated carbocycles. The summed E-state index contributed by atoms with van der Waals surface area (Å²) in [4.78, 5) is 27.0. The molecule has 150 valence electrons. The van der Waals surface area contributed by atoms with Crippen molar-refractivity contribution in [2.24, 2.45) is 0 Å². The number of aliphatic hydroxyl groups is 1. The molecule has 0 radical (unpaired) electrons. The molecule has 2 aromatic rings. The molecule has 1 atom stereocenters. The highest BCUT2D eigenvalue weighted by Gasteiger charge is 2.32. The zero-order valence-electron chi connectivity index (χ0n) is 15.8. The predicted molar refractivity (Wildman–Crippen MR) is 120 cm³/mol. The minimum absolute atomic E-state index is 0.121. The molecule has 1 fully saturated rings. The molecule has 1 aliphatic heterocycles. The van der Waals surface area contributed by atoms with Crippen LogP contribution in [0, 0.1) is 0 Å². The molecule has 2 amide bonds. The number of aliphatic hydroxyl groups excluding tert-OH is 1. The van der Waals surface area contributed by atoms with Crippen molar-refractivity contribution in [3.05, 3.63) is 76.7 Å². The van der Waals surface area contributed by atoms with E-state index in [4.69, 9.17) is 12.2 Å². The van der Waals surface area contributed by atoms with Crippen LogP contribution in [0.25, 0.3) is 6.08 Å². The molecule has 5 nitrogen and oxygen atoms in total. The van der Waals surface area contributed by atoms with Gasteiger partial charge in [-0.25, -0.2) is 0 Å². The molecule has 1 heterocycles. The lowest BCUT2D eigenvalue weighted by Gasteiger charge is -2.18. The highest BCUT2D eigenvalue weighted by molar-refractivity contribution is 8.26. The van der Waals surface area contributed by atoms with Crippen molar-refractivity contribution in [2.75, 3.05) is 13.2 Å². The molecule has 1 aliphatic rings. The van der Waals surface area contributed by atoms with Gasteiger partial charge in [-0.2, -0.15) is 0 Å². The van der Waals surface area contributed by atoms with Crippen molar-refractivity contribution in [3.63, 3.8) is 0 Å². The Labute approximate surface area is 179 Å². The summed E-state index contributed by atoms with van der Waals surface area (Å²) < 4.78 is 0.452. The van der Waals surface area contributed by atoms with Crippen LogP contribution >= 0.6 is 24.0 Å². The van der Waals surface area contributed by atoms with E-state index in [1.54, 1.807) is 6.08 Å². The summed E-state index contributed by atoms with van der Waals surface area (Å²) in [7, 11) is 0. The Bertz CT molecular complexity index is 901. The Morgan fingerprint density at radius 1 is 1.14 bits per heavy atom. The fourth-order valence-corrected chi connectivity index (χ4v) is 4.28. The fraction of sp³-hybridized carbons (Fsp3) is 0.227. The Morgan fingerprint density at radius 2 is 1.79 bits per heavy atom. The first kappa shape index (κ1) is 21.2.